The van der Waals surface area contributed by atoms with Gasteiger partial charge in [-0.15, -0.1) is 0 Å². The van der Waals surface area contributed by atoms with Crippen molar-refractivity contribution in [2.45, 2.75) is 37.8 Å². The van der Waals surface area contributed by atoms with Gasteiger partial charge >= 0.3 is 11.9 Å². The van der Waals surface area contributed by atoms with Gasteiger partial charge < -0.3 is 14.8 Å². The number of nitrogens with zero attached hydrogens (tertiary/aromatic N) is 2. The Balaban J connectivity index is 2.18. The van der Waals surface area contributed by atoms with E-state index in [0.29, 0.717) is 42.7 Å². The molecule has 112 valence electrons. The van der Waals surface area contributed by atoms with Gasteiger partial charge in [0.15, 0.2) is 0 Å². The van der Waals surface area contributed by atoms with Crippen molar-refractivity contribution >= 4 is 17.7 Å². The zero-order valence-corrected chi connectivity index (χ0v) is 12.0. The Labute approximate surface area is 122 Å². The summed E-state index contributed by atoms with van der Waals surface area (Å²) in [6.45, 7) is 0. The normalized spacial score (nSPS) is 26.4. The Morgan fingerprint density at radius 2 is 1.95 bits per heavy atom. The van der Waals surface area contributed by atoms with Crippen LogP contribution in [0.1, 0.15) is 25.7 Å². The molecule has 2 heterocycles. The maximum Gasteiger partial charge on any atom is 0.330 e. The maximum absolute atomic E-state index is 11.5. The fourth-order valence-electron chi connectivity index (χ4n) is 2.55. The van der Waals surface area contributed by atoms with Gasteiger partial charge in [-0.25, -0.2) is 9.59 Å². The second kappa shape index (κ2) is 6.39. The lowest BCUT2D eigenvalue weighted by Crippen LogP contribution is -2.31. The lowest BCUT2D eigenvalue weighted by Gasteiger charge is -2.09. The van der Waals surface area contributed by atoms with E-state index in [4.69, 9.17) is 0 Å². The maximum atomic E-state index is 11.5. The molecule has 2 unspecified atom stereocenters. The molecule has 1 N–H and O–H groups in total. The van der Waals surface area contributed by atoms with Crippen LogP contribution in [0, 0.1) is 11.3 Å². The monoisotopic (exact) mass is 291 g/mol. The zero-order chi connectivity index (χ0) is 15.4. The molecule has 7 heteroatoms. The van der Waals surface area contributed by atoms with Crippen LogP contribution < -0.4 is 5.32 Å². The summed E-state index contributed by atoms with van der Waals surface area (Å²) in [6.07, 6.45) is 2.27. The number of esters is 2. The lowest BCUT2D eigenvalue weighted by atomic mass is 10.1. The average Bonchev–Trinajstić information content (AvgIpc) is 3.16. The smallest absolute Gasteiger partial charge is 0.330 e. The molecule has 0 radical (unpaired) electrons. The van der Waals surface area contributed by atoms with Crippen LogP contribution in [0.2, 0.25) is 0 Å². The van der Waals surface area contributed by atoms with Gasteiger partial charge in [0, 0.05) is 5.70 Å². The van der Waals surface area contributed by atoms with E-state index in [1.54, 1.807) is 0 Å². The first-order valence-electron chi connectivity index (χ1n) is 6.73. The summed E-state index contributed by atoms with van der Waals surface area (Å²) >= 11 is 0. The fraction of sp³-hybridized carbons (Fsp3) is 0.571. The molecule has 0 aromatic carbocycles. The Morgan fingerprint density at radius 3 is 2.57 bits per heavy atom. The number of allylic oxidation sites excluding steroid dienone is 2. The highest BCUT2D eigenvalue weighted by Crippen LogP contribution is 2.25. The van der Waals surface area contributed by atoms with E-state index in [9.17, 15) is 14.9 Å². The molecule has 1 saturated heterocycles. The van der Waals surface area contributed by atoms with Crippen LogP contribution in [0.5, 0.6) is 0 Å². The summed E-state index contributed by atoms with van der Waals surface area (Å²) in [5.74, 6) is -0.734. The molecule has 0 aliphatic carbocycles. The summed E-state index contributed by atoms with van der Waals surface area (Å²) in [7, 11) is 2.65. The quantitative estimate of drug-likeness (QED) is 0.599. The van der Waals surface area contributed by atoms with Gasteiger partial charge in [0.25, 0.3) is 0 Å². The summed E-state index contributed by atoms with van der Waals surface area (Å²) in [5, 5.41) is 12.4. The van der Waals surface area contributed by atoms with Gasteiger partial charge in [-0.2, -0.15) is 5.26 Å². The molecule has 0 saturated carbocycles. The van der Waals surface area contributed by atoms with Crippen LogP contribution >= 0.6 is 0 Å². The van der Waals surface area contributed by atoms with Gasteiger partial charge in [0.05, 0.1) is 25.5 Å². The first-order valence-corrected chi connectivity index (χ1v) is 6.73. The summed E-state index contributed by atoms with van der Waals surface area (Å²) in [5.41, 5.74) is 1.71. The number of nitrogens with one attached hydrogen (secondary N) is 1. The van der Waals surface area contributed by atoms with Crippen LogP contribution in [0.25, 0.3) is 0 Å². The summed E-state index contributed by atoms with van der Waals surface area (Å²) < 4.78 is 9.35. The molecule has 2 aliphatic rings. The van der Waals surface area contributed by atoms with Gasteiger partial charge in [0.2, 0.25) is 0 Å². The predicted molar refractivity (Wildman–Crippen MR) is 73.3 cm³/mol. The van der Waals surface area contributed by atoms with E-state index in [1.165, 1.54) is 14.2 Å². The topological polar surface area (TPSA) is 101 Å². The van der Waals surface area contributed by atoms with Crippen molar-refractivity contribution in [1.82, 2.24) is 5.32 Å². The van der Waals surface area contributed by atoms with E-state index in [0.717, 1.165) is 0 Å². The van der Waals surface area contributed by atoms with Crippen LogP contribution in [-0.2, 0) is 19.1 Å². The van der Waals surface area contributed by atoms with Gasteiger partial charge in [-0.3, -0.25) is 4.99 Å². The number of methoxy groups -OCH3 is 2. The second-order valence-electron chi connectivity index (χ2n) is 4.88. The average molecular weight is 291 g/mol. The molecule has 2 aliphatic heterocycles. The van der Waals surface area contributed by atoms with E-state index in [1.807, 2.05) is 0 Å². The Hall–Kier alpha value is -2.36. The van der Waals surface area contributed by atoms with Crippen molar-refractivity contribution in [1.29, 1.82) is 5.26 Å². The van der Waals surface area contributed by atoms with Crippen molar-refractivity contribution in [3.63, 3.8) is 0 Å². The highest BCUT2D eigenvalue weighted by atomic mass is 16.5. The number of nitriles is 1. The summed E-state index contributed by atoms with van der Waals surface area (Å²) in [6, 6.07) is 1.16. The number of carbonyl (C=O) groups excluding carboxylic acids is 2. The van der Waals surface area contributed by atoms with Crippen LogP contribution in [0.3, 0.4) is 0 Å². The Bertz CT molecular complexity index is 559. The van der Waals surface area contributed by atoms with Crippen molar-refractivity contribution in [2.24, 2.45) is 4.99 Å². The Morgan fingerprint density at radius 1 is 1.24 bits per heavy atom. The molecule has 0 aromatic rings. The van der Waals surface area contributed by atoms with Crippen molar-refractivity contribution < 1.29 is 19.1 Å². The largest absolute Gasteiger partial charge is 0.467 e. The van der Waals surface area contributed by atoms with E-state index >= 15 is 0 Å². The molecule has 7 nitrogen and oxygen atoms in total. The number of hydrogen-bond acceptors (Lipinski definition) is 7. The number of hydrogen-bond donors (Lipinski definition) is 1. The van der Waals surface area contributed by atoms with Crippen LogP contribution in [0.15, 0.2) is 16.3 Å². The molecule has 2 atom stereocenters. The number of carbonyl (C=O) groups is 2. The van der Waals surface area contributed by atoms with Crippen molar-refractivity contribution in [3.8, 4) is 6.07 Å². The van der Waals surface area contributed by atoms with Crippen molar-refractivity contribution in [2.75, 3.05) is 14.2 Å². The molecule has 0 spiro atoms. The molecular weight excluding hydrogens is 274 g/mol. The minimum absolute atomic E-state index is 0.344. The molecule has 2 rings (SSSR count). The third kappa shape index (κ3) is 3.05. The van der Waals surface area contributed by atoms with Gasteiger partial charge in [-0.1, -0.05) is 0 Å². The lowest BCUT2D eigenvalue weighted by molar-refractivity contribution is -0.143. The van der Waals surface area contributed by atoms with Crippen LogP contribution in [0.4, 0.5) is 0 Å². The van der Waals surface area contributed by atoms with Crippen LogP contribution in [-0.4, -0.2) is 44.0 Å². The molecule has 0 amide bonds. The van der Waals surface area contributed by atoms with E-state index in [2.05, 4.69) is 25.9 Å². The number of rotatable bonds is 3. The molecule has 21 heavy (non-hydrogen) atoms. The first kappa shape index (κ1) is 15.0. The zero-order valence-electron chi connectivity index (χ0n) is 12.0. The number of aliphatic imine (C=N–C) groups is 1. The fourth-order valence-corrected chi connectivity index (χ4v) is 2.55. The Kier molecular flexibility index (Phi) is 4.58. The van der Waals surface area contributed by atoms with E-state index in [-0.39, 0.29) is 11.9 Å². The van der Waals surface area contributed by atoms with E-state index < -0.39 is 12.1 Å². The minimum atomic E-state index is -0.535. The van der Waals surface area contributed by atoms with Gasteiger partial charge in [-0.05, 0) is 25.7 Å². The first-order chi connectivity index (χ1) is 10.1. The SMILES string of the molecule is COC(=O)C1CCC(C(C#N)=C2CCC(C(=O)OC)N2)=N1. The third-order valence-corrected chi connectivity index (χ3v) is 3.66. The highest BCUT2D eigenvalue weighted by molar-refractivity contribution is 6.06. The standard InChI is InChI=1S/C14H17N3O4/c1-20-13(18)11-5-3-9(16-11)8(7-15)10-4-6-12(17-10)14(19)21-2/h11-12,16H,3-6H2,1-2H3. The molecule has 0 bridgehead atoms. The molecule has 1 fully saturated rings. The minimum Gasteiger partial charge on any atom is -0.467 e. The summed E-state index contributed by atoms with van der Waals surface area (Å²) in [4.78, 5) is 27.2. The third-order valence-electron chi connectivity index (χ3n) is 3.66. The highest BCUT2D eigenvalue weighted by Gasteiger charge is 2.32. The van der Waals surface area contributed by atoms with Crippen molar-refractivity contribution in [3.05, 3.63) is 11.3 Å². The molecular formula is C14H17N3O4. The van der Waals surface area contributed by atoms with Gasteiger partial charge in [0.1, 0.15) is 18.2 Å². The number of ether oxygens (including phenoxy) is 2. The second-order valence-corrected chi connectivity index (χ2v) is 4.88. The predicted octanol–water partition coefficient (Wildman–Crippen LogP) is 0.465. The molecule has 0 aromatic heterocycles.